The van der Waals surface area contributed by atoms with E-state index in [1.807, 2.05) is 0 Å². The van der Waals surface area contributed by atoms with E-state index in [4.69, 9.17) is 10.5 Å². The Labute approximate surface area is 98.3 Å². The van der Waals surface area contributed by atoms with Crippen LogP contribution in [0.2, 0.25) is 0 Å². The summed E-state index contributed by atoms with van der Waals surface area (Å²) in [6, 6.07) is 0.369. The monoisotopic (exact) mass is 231 g/mol. The second-order valence-electron chi connectivity index (χ2n) is 4.71. The van der Waals surface area contributed by atoms with Gasteiger partial charge in [-0.3, -0.25) is 0 Å². The number of rotatable bonds is 6. The number of thioether (sulfide) groups is 1. The maximum Gasteiger partial charge on any atom is 0.0465 e. The van der Waals surface area contributed by atoms with Crippen LogP contribution in [-0.4, -0.2) is 31.3 Å². The summed E-state index contributed by atoms with van der Waals surface area (Å²) >= 11 is 2.09. The third kappa shape index (κ3) is 5.23. The van der Waals surface area contributed by atoms with Gasteiger partial charge in [0.05, 0.1) is 0 Å². The van der Waals surface area contributed by atoms with Gasteiger partial charge in [-0.05, 0) is 49.0 Å². The van der Waals surface area contributed by atoms with Crippen molar-refractivity contribution in [2.75, 3.05) is 25.2 Å². The predicted molar refractivity (Wildman–Crippen MR) is 68.3 cm³/mol. The van der Waals surface area contributed by atoms with Crippen molar-refractivity contribution in [3.63, 3.8) is 0 Å². The molecule has 1 aliphatic rings. The van der Waals surface area contributed by atoms with Crippen LogP contribution in [0.3, 0.4) is 0 Å². The van der Waals surface area contributed by atoms with Crippen molar-refractivity contribution in [2.45, 2.75) is 38.6 Å². The first-order valence-electron chi connectivity index (χ1n) is 6.06. The van der Waals surface area contributed by atoms with Crippen molar-refractivity contribution < 1.29 is 4.74 Å². The van der Waals surface area contributed by atoms with E-state index in [-0.39, 0.29) is 0 Å². The van der Waals surface area contributed by atoms with Crippen molar-refractivity contribution in [1.82, 2.24) is 0 Å². The first-order valence-corrected chi connectivity index (χ1v) is 7.21. The fourth-order valence-corrected chi connectivity index (χ4v) is 3.32. The first kappa shape index (κ1) is 13.3. The first-order chi connectivity index (χ1) is 7.24. The van der Waals surface area contributed by atoms with Crippen LogP contribution in [-0.2, 0) is 4.74 Å². The summed E-state index contributed by atoms with van der Waals surface area (Å²) in [5, 5.41) is 0. The molecule has 0 amide bonds. The zero-order valence-corrected chi connectivity index (χ0v) is 10.9. The van der Waals surface area contributed by atoms with Crippen LogP contribution in [0.1, 0.15) is 32.6 Å². The van der Waals surface area contributed by atoms with Crippen LogP contribution in [0.5, 0.6) is 0 Å². The standard InChI is InChI=1S/C12H25NOS/c1-10(3-6-14-2)12(13)9-11-4-7-15-8-5-11/h10-12H,3-9,13H2,1-2H3. The van der Waals surface area contributed by atoms with E-state index in [1.54, 1.807) is 7.11 Å². The van der Waals surface area contributed by atoms with Gasteiger partial charge in [0.2, 0.25) is 0 Å². The molecule has 2 nitrogen and oxygen atoms in total. The molecule has 1 saturated heterocycles. The minimum atomic E-state index is 0.369. The summed E-state index contributed by atoms with van der Waals surface area (Å²) in [5.41, 5.74) is 6.23. The number of ether oxygens (including phenoxy) is 1. The number of hydrogen-bond donors (Lipinski definition) is 1. The van der Waals surface area contributed by atoms with Gasteiger partial charge in [0.25, 0.3) is 0 Å². The Balaban J connectivity index is 2.17. The van der Waals surface area contributed by atoms with Gasteiger partial charge in [-0.25, -0.2) is 0 Å². The molecule has 3 heteroatoms. The molecule has 15 heavy (non-hydrogen) atoms. The fraction of sp³-hybridized carbons (Fsp3) is 1.00. The van der Waals surface area contributed by atoms with Crippen LogP contribution in [0.4, 0.5) is 0 Å². The lowest BCUT2D eigenvalue weighted by Gasteiger charge is -2.27. The fourth-order valence-electron chi connectivity index (χ4n) is 2.12. The highest BCUT2D eigenvalue weighted by Crippen LogP contribution is 2.27. The zero-order valence-electron chi connectivity index (χ0n) is 10.1. The average Bonchev–Trinajstić information content (AvgIpc) is 2.27. The van der Waals surface area contributed by atoms with Gasteiger partial charge < -0.3 is 10.5 Å². The van der Waals surface area contributed by atoms with Crippen molar-refractivity contribution in [1.29, 1.82) is 0 Å². The molecule has 0 radical (unpaired) electrons. The molecule has 0 spiro atoms. The molecule has 1 aliphatic heterocycles. The normalized spacial score (nSPS) is 22.6. The summed E-state index contributed by atoms with van der Waals surface area (Å²) in [6.45, 7) is 3.09. The lowest BCUT2D eigenvalue weighted by molar-refractivity contribution is 0.170. The van der Waals surface area contributed by atoms with Gasteiger partial charge in [0, 0.05) is 19.8 Å². The quantitative estimate of drug-likeness (QED) is 0.763. The summed E-state index contributed by atoms with van der Waals surface area (Å²) in [7, 11) is 1.76. The predicted octanol–water partition coefficient (Wildman–Crippen LogP) is 2.52. The second-order valence-corrected chi connectivity index (χ2v) is 5.94. The Kier molecular flexibility index (Phi) is 6.69. The highest BCUT2D eigenvalue weighted by atomic mass is 32.2. The molecule has 0 aliphatic carbocycles. The van der Waals surface area contributed by atoms with Crippen molar-refractivity contribution in [3.05, 3.63) is 0 Å². The lowest BCUT2D eigenvalue weighted by atomic mass is 9.87. The van der Waals surface area contributed by atoms with E-state index in [0.29, 0.717) is 12.0 Å². The smallest absolute Gasteiger partial charge is 0.0465 e. The van der Waals surface area contributed by atoms with Gasteiger partial charge in [-0.2, -0.15) is 11.8 Å². The number of hydrogen-bond acceptors (Lipinski definition) is 3. The molecule has 0 bridgehead atoms. The molecule has 2 N–H and O–H groups in total. The molecule has 1 rings (SSSR count). The molecule has 0 aromatic rings. The Morgan fingerprint density at radius 2 is 2.07 bits per heavy atom. The van der Waals surface area contributed by atoms with Crippen LogP contribution < -0.4 is 5.73 Å². The minimum absolute atomic E-state index is 0.369. The van der Waals surface area contributed by atoms with Gasteiger partial charge in [-0.1, -0.05) is 6.92 Å². The van der Waals surface area contributed by atoms with Crippen molar-refractivity contribution >= 4 is 11.8 Å². The molecule has 0 aromatic carbocycles. The van der Waals surface area contributed by atoms with E-state index < -0.39 is 0 Å². The molecule has 2 unspecified atom stereocenters. The maximum absolute atomic E-state index is 6.23. The van der Waals surface area contributed by atoms with Gasteiger partial charge in [0.1, 0.15) is 0 Å². The summed E-state index contributed by atoms with van der Waals surface area (Å²) in [6.07, 6.45) is 5.05. The molecule has 1 fully saturated rings. The van der Waals surface area contributed by atoms with E-state index >= 15 is 0 Å². The molecular weight excluding hydrogens is 206 g/mol. The van der Waals surface area contributed by atoms with E-state index in [2.05, 4.69) is 18.7 Å². The third-order valence-electron chi connectivity index (χ3n) is 3.45. The second kappa shape index (κ2) is 7.53. The molecule has 0 aromatic heterocycles. The Morgan fingerprint density at radius 3 is 2.67 bits per heavy atom. The largest absolute Gasteiger partial charge is 0.385 e. The highest BCUT2D eigenvalue weighted by Gasteiger charge is 2.20. The Hall–Kier alpha value is 0.270. The Bertz CT molecular complexity index is 160. The number of nitrogens with two attached hydrogens (primary N) is 1. The minimum Gasteiger partial charge on any atom is -0.385 e. The van der Waals surface area contributed by atoms with Crippen molar-refractivity contribution in [2.24, 2.45) is 17.6 Å². The summed E-state index contributed by atoms with van der Waals surface area (Å²) in [5.74, 6) is 4.15. The Morgan fingerprint density at radius 1 is 1.40 bits per heavy atom. The zero-order chi connectivity index (χ0) is 11.1. The highest BCUT2D eigenvalue weighted by molar-refractivity contribution is 7.99. The third-order valence-corrected chi connectivity index (χ3v) is 4.50. The SMILES string of the molecule is COCCC(C)C(N)CC1CCSCC1. The van der Waals surface area contributed by atoms with Gasteiger partial charge in [-0.15, -0.1) is 0 Å². The summed E-state index contributed by atoms with van der Waals surface area (Å²) in [4.78, 5) is 0. The molecule has 90 valence electrons. The van der Waals surface area contributed by atoms with Crippen LogP contribution in [0.25, 0.3) is 0 Å². The van der Waals surface area contributed by atoms with Gasteiger partial charge in [0.15, 0.2) is 0 Å². The van der Waals surface area contributed by atoms with E-state index in [1.165, 1.54) is 30.8 Å². The summed E-state index contributed by atoms with van der Waals surface area (Å²) < 4.78 is 5.09. The molecular formula is C12H25NOS. The average molecular weight is 231 g/mol. The van der Waals surface area contributed by atoms with E-state index in [0.717, 1.165) is 18.9 Å². The number of methoxy groups -OCH3 is 1. The van der Waals surface area contributed by atoms with Crippen LogP contribution in [0, 0.1) is 11.8 Å². The molecule has 0 saturated carbocycles. The van der Waals surface area contributed by atoms with Crippen LogP contribution >= 0.6 is 11.8 Å². The van der Waals surface area contributed by atoms with Crippen LogP contribution in [0.15, 0.2) is 0 Å². The van der Waals surface area contributed by atoms with Gasteiger partial charge >= 0.3 is 0 Å². The maximum atomic E-state index is 6.23. The molecule has 1 heterocycles. The topological polar surface area (TPSA) is 35.2 Å². The van der Waals surface area contributed by atoms with Crippen molar-refractivity contribution in [3.8, 4) is 0 Å². The molecule has 2 atom stereocenters. The van der Waals surface area contributed by atoms with E-state index in [9.17, 15) is 0 Å². The lowest BCUT2D eigenvalue weighted by Crippen LogP contribution is -2.32.